The van der Waals surface area contributed by atoms with Crippen LogP contribution < -0.4 is 10.6 Å². The lowest BCUT2D eigenvalue weighted by atomic mass is 9.91. The van der Waals surface area contributed by atoms with Crippen molar-refractivity contribution < 1.29 is 0 Å². The molecule has 0 amide bonds. The minimum atomic E-state index is 0.299. The number of aromatic nitrogens is 2. The molecule has 0 bridgehead atoms. The van der Waals surface area contributed by atoms with Crippen LogP contribution in [0.1, 0.15) is 19.8 Å². The molecule has 2 heterocycles. The maximum absolute atomic E-state index is 5.92. The Bertz CT molecular complexity index is 330. The minimum absolute atomic E-state index is 0.299. The van der Waals surface area contributed by atoms with Gasteiger partial charge in [-0.25, -0.2) is 9.97 Å². The topological polar surface area (TPSA) is 55.0 Å². The summed E-state index contributed by atoms with van der Waals surface area (Å²) in [6, 6.07) is 0.299. The Kier molecular flexibility index (Phi) is 3.76. The highest BCUT2D eigenvalue weighted by Crippen LogP contribution is 2.22. The zero-order chi connectivity index (χ0) is 11.5. The molecule has 0 aliphatic carbocycles. The summed E-state index contributed by atoms with van der Waals surface area (Å²) in [7, 11) is 0. The van der Waals surface area contributed by atoms with Crippen molar-refractivity contribution in [2.75, 3.05) is 18.0 Å². The predicted octanol–water partition coefficient (Wildman–Crippen LogP) is 1.80. The highest BCUT2D eigenvalue weighted by molar-refractivity contribution is 9.10. The van der Waals surface area contributed by atoms with Crippen molar-refractivity contribution >= 4 is 21.9 Å². The summed E-state index contributed by atoms with van der Waals surface area (Å²) in [6.45, 7) is 4.11. The van der Waals surface area contributed by atoms with Gasteiger partial charge in [-0.2, -0.15) is 0 Å². The van der Waals surface area contributed by atoms with E-state index >= 15 is 0 Å². The molecule has 1 unspecified atom stereocenters. The van der Waals surface area contributed by atoms with E-state index in [4.69, 9.17) is 5.73 Å². The van der Waals surface area contributed by atoms with Gasteiger partial charge in [0.1, 0.15) is 0 Å². The zero-order valence-corrected chi connectivity index (χ0v) is 11.0. The Balaban J connectivity index is 1.96. The summed E-state index contributed by atoms with van der Waals surface area (Å²) in [6.07, 6.45) is 5.86. The summed E-state index contributed by atoms with van der Waals surface area (Å²) in [5.41, 5.74) is 5.92. The third-order valence-electron chi connectivity index (χ3n) is 3.17. The van der Waals surface area contributed by atoms with E-state index in [1.54, 1.807) is 12.4 Å². The number of rotatable bonds is 2. The molecule has 0 saturated carbocycles. The van der Waals surface area contributed by atoms with Crippen LogP contribution in [0.5, 0.6) is 0 Å². The Hall–Kier alpha value is -0.680. The van der Waals surface area contributed by atoms with Gasteiger partial charge in [0, 0.05) is 31.5 Å². The van der Waals surface area contributed by atoms with E-state index < -0.39 is 0 Å². The van der Waals surface area contributed by atoms with Gasteiger partial charge in [-0.3, -0.25) is 0 Å². The quantitative estimate of drug-likeness (QED) is 0.900. The fourth-order valence-corrected chi connectivity index (χ4v) is 2.30. The van der Waals surface area contributed by atoms with Crippen LogP contribution in [0.25, 0.3) is 0 Å². The largest absolute Gasteiger partial charge is 0.341 e. The normalized spacial score (nSPS) is 19.8. The molecule has 16 heavy (non-hydrogen) atoms. The predicted molar refractivity (Wildman–Crippen MR) is 68.3 cm³/mol. The van der Waals surface area contributed by atoms with Crippen LogP contribution in [-0.4, -0.2) is 29.1 Å². The van der Waals surface area contributed by atoms with E-state index in [1.807, 2.05) is 0 Å². The first-order valence-corrected chi connectivity index (χ1v) is 6.44. The molecule has 1 saturated heterocycles. The number of nitrogens with two attached hydrogens (primary N) is 1. The Morgan fingerprint density at radius 1 is 1.38 bits per heavy atom. The van der Waals surface area contributed by atoms with E-state index in [9.17, 15) is 0 Å². The van der Waals surface area contributed by atoms with Crippen LogP contribution in [0.3, 0.4) is 0 Å². The van der Waals surface area contributed by atoms with E-state index in [-0.39, 0.29) is 0 Å². The molecule has 0 aromatic carbocycles. The molecule has 1 aromatic heterocycles. The maximum atomic E-state index is 5.92. The van der Waals surface area contributed by atoms with Gasteiger partial charge in [-0.1, -0.05) is 0 Å². The van der Waals surface area contributed by atoms with Gasteiger partial charge in [0.05, 0.1) is 4.47 Å². The highest BCUT2D eigenvalue weighted by Gasteiger charge is 2.22. The standard InChI is InChI=1S/C11H17BrN4/c1-8(13)9-2-4-16(5-3-9)11-14-6-10(12)7-15-11/h6-9H,2-5,13H2,1H3. The molecule has 1 aromatic rings. The molecule has 0 radical (unpaired) electrons. The fraction of sp³-hybridized carbons (Fsp3) is 0.636. The molecular weight excluding hydrogens is 268 g/mol. The zero-order valence-electron chi connectivity index (χ0n) is 9.43. The van der Waals surface area contributed by atoms with E-state index in [1.165, 1.54) is 0 Å². The fourth-order valence-electron chi connectivity index (χ4n) is 2.09. The van der Waals surface area contributed by atoms with Gasteiger partial charge >= 0.3 is 0 Å². The molecular formula is C11H17BrN4. The summed E-state index contributed by atoms with van der Waals surface area (Å²) >= 11 is 3.34. The Morgan fingerprint density at radius 2 is 1.94 bits per heavy atom. The minimum Gasteiger partial charge on any atom is -0.341 e. The van der Waals surface area contributed by atoms with Crippen molar-refractivity contribution in [3.05, 3.63) is 16.9 Å². The van der Waals surface area contributed by atoms with Gasteiger partial charge in [-0.05, 0) is 41.6 Å². The van der Waals surface area contributed by atoms with Crippen molar-refractivity contribution in [1.29, 1.82) is 0 Å². The van der Waals surface area contributed by atoms with E-state index in [2.05, 4.69) is 37.7 Å². The lowest BCUT2D eigenvalue weighted by molar-refractivity contribution is 0.352. The first-order valence-electron chi connectivity index (χ1n) is 5.65. The number of nitrogens with zero attached hydrogens (tertiary/aromatic N) is 3. The summed E-state index contributed by atoms with van der Waals surface area (Å²) in [5, 5.41) is 0. The summed E-state index contributed by atoms with van der Waals surface area (Å²) in [5.74, 6) is 1.47. The van der Waals surface area contributed by atoms with E-state index in [0.29, 0.717) is 12.0 Å². The third-order valence-corrected chi connectivity index (χ3v) is 3.58. The van der Waals surface area contributed by atoms with Crippen LogP contribution in [0.2, 0.25) is 0 Å². The van der Waals surface area contributed by atoms with Gasteiger partial charge in [-0.15, -0.1) is 0 Å². The monoisotopic (exact) mass is 284 g/mol. The van der Waals surface area contributed by atoms with Crippen molar-refractivity contribution in [3.63, 3.8) is 0 Å². The average Bonchev–Trinajstić information content (AvgIpc) is 2.30. The second-order valence-electron chi connectivity index (χ2n) is 4.38. The molecule has 1 aliphatic rings. The van der Waals surface area contributed by atoms with Crippen molar-refractivity contribution in [1.82, 2.24) is 9.97 Å². The van der Waals surface area contributed by atoms with Gasteiger partial charge in [0.15, 0.2) is 0 Å². The lowest BCUT2D eigenvalue weighted by Gasteiger charge is -2.33. The van der Waals surface area contributed by atoms with Crippen LogP contribution >= 0.6 is 15.9 Å². The second kappa shape index (κ2) is 5.10. The van der Waals surface area contributed by atoms with Crippen LogP contribution in [0.4, 0.5) is 5.95 Å². The molecule has 2 rings (SSSR count). The number of halogens is 1. The highest BCUT2D eigenvalue weighted by atomic mass is 79.9. The van der Waals surface area contributed by atoms with Gasteiger partial charge < -0.3 is 10.6 Å². The summed E-state index contributed by atoms with van der Waals surface area (Å²) in [4.78, 5) is 10.8. The smallest absolute Gasteiger partial charge is 0.225 e. The number of hydrogen-bond acceptors (Lipinski definition) is 4. The van der Waals surface area contributed by atoms with Gasteiger partial charge in [0.2, 0.25) is 5.95 Å². The lowest BCUT2D eigenvalue weighted by Crippen LogP contribution is -2.40. The molecule has 5 heteroatoms. The molecule has 1 aliphatic heterocycles. The van der Waals surface area contributed by atoms with Crippen LogP contribution in [-0.2, 0) is 0 Å². The van der Waals surface area contributed by atoms with Crippen molar-refractivity contribution in [3.8, 4) is 0 Å². The average molecular weight is 285 g/mol. The van der Waals surface area contributed by atoms with Crippen LogP contribution in [0, 0.1) is 5.92 Å². The molecule has 88 valence electrons. The maximum Gasteiger partial charge on any atom is 0.225 e. The summed E-state index contributed by atoms with van der Waals surface area (Å²) < 4.78 is 0.918. The number of anilines is 1. The van der Waals surface area contributed by atoms with Gasteiger partial charge in [0.25, 0.3) is 0 Å². The molecule has 0 spiro atoms. The molecule has 2 N–H and O–H groups in total. The molecule has 1 atom stereocenters. The molecule has 1 fully saturated rings. The first-order chi connectivity index (χ1) is 7.66. The number of piperidine rings is 1. The third kappa shape index (κ3) is 2.71. The van der Waals surface area contributed by atoms with E-state index in [0.717, 1.165) is 36.4 Å². The second-order valence-corrected chi connectivity index (χ2v) is 5.30. The SMILES string of the molecule is CC(N)C1CCN(c2ncc(Br)cn2)CC1. The molecule has 4 nitrogen and oxygen atoms in total. The van der Waals surface area contributed by atoms with Crippen molar-refractivity contribution in [2.45, 2.75) is 25.8 Å². The van der Waals surface area contributed by atoms with Crippen LogP contribution in [0.15, 0.2) is 16.9 Å². The Morgan fingerprint density at radius 3 is 2.44 bits per heavy atom. The van der Waals surface area contributed by atoms with Crippen molar-refractivity contribution in [2.24, 2.45) is 11.7 Å². The Labute approximate surface area is 104 Å². The number of hydrogen-bond donors (Lipinski definition) is 1. The first kappa shape index (κ1) is 11.8.